The Morgan fingerprint density at radius 3 is 3.06 bits per heavy atom. The number of aliphatic carboxylic acids is 1. The SMILES string of the molecule is CCC1(C(=O)O)CCN(c2cc(C#N)ccn2)C1. The Bertz CT molecular complexity index is 509. The maximum atomic E-state index is 11.4. The summed E-state index contributed by atoms with van der Waals surface area (Å²) >= 11 is 0. The van der Waals surface area contributed by atoms with Crippen molar-refractivity contribution in [1.29, 1.82) is 5.26 Å². The molecule has 1 N–H and O–H groups in total. The average molecular weight is 245 g/mol. The Labute approximate surface area is 106 Å². The van der Waals surface area contributed by atoms with Crippen LogP contribution in [0.2, 0.25) is 0 Å². The minimum absolute atomic E-state index is 0.459. The van der Waals surface area contributed by atoms with Crippen LogP contribution in [0.3, 0.4) is 0 Å². The van der Waals surface area contributed by atoms with E-state index in [1.54, 1.807) is 18.3 Å². The van der Waals surface area contributed by atoms with E-state index in [-0.39, 0.29) is 0 Å². The van der Waals surface area contributed by atoms with Gasteiger partial charge >= 0.3 is 5.97 Å². The fourth-order valence-corrected chi connectivity index (χ4v) is 2.34. The normalized spacial score (nSPS) is 22.8. The third-order valence-corrected chi connectivity index (χ3v) is 3.68. The van der Waals surface area contributed by atoms with Gasteiger partial charge in [0.15, 0.2) is 0 Å². The van der Waals surface area contributed by atoms with Crippen molar-refractivity contribution in [3.8, 4) is 6.07 Å². The summed E-state index contributed by atoms with van der Waals surface area (Å²) in [5.74, 6) is -0.0606. The summed E-state index contributed by atoms with van der Waals surface area (Å²) in [5.41, 5.74) is -0.131. The van der Waals surface area contributed by atoms with E-state index in [0.29, 0.717) is 37.3 Å². The van der Waals surface area contributed by atoms with Gasteiger partial charge in [-0.2, -0.15) is 5.26 Å². The number of pyridine rings is 1. The number of rotatable bonds is 3. The number of hydrogen-bond acceptors (Lipinski definition) is 4. The van der Waals surface area contributed by atoms with Crippen molar-refractivity contribution in [3.63, 3.8) is 0 Å². The minimum Gasteiger partial charge on any atom is -0.481 e. The van der Waals surface area contributed by atoms with Gasteiger partial charge in [0.2, 0.25) is 0 Å². The molecule has 2 rings (SSSR count). The van der Waals surface area contributed by atoms with Gasteiger partial charge in [-0.05, 0) is 25.0 Å². The number of nitriles is 1. The monoisotopic (exact) mass is 245 g/mol. The molecular weight excluding hydrogens is 230 g/mol. The van der Waals surface area contributed by atoms with Gasteiger partial charge < -0.3 is 10.0 Å². The third-order valence-electron chi connectivity index (χ3n) is 3.68. The molecular formula is C13H15N3O2. The molecule has 1 unspecified atom stereocenters. The molecule has 5 heteroatoms. The number of anilines is 1. The van der Waals surface area contributed by atoms with Gasteiger partial charge in [-0.15, -0.1) is 0 Å². The fourth-order valence-electron chi connectivity index (χ4n) is 2.34. The number of carboxylic acid groups (broad SMARTS) is 1. The molecule has 1 aromatic rings. The van der Waals surface area contributed by atoms with E-state index >= 15 is 0 Å². The fraction of sp³-hybridized carbons (Fsp3) is 0.462. The third kappa shape index (κ3) is 2.02. The molecule has 18 heavy (non-hydrogen) atoms. The van der Waals surface area contributed by atoms with Crippen LogP contribution >= 0.6 is 0 Å². The summed E-state index contributed by atoms with van der Waals surface area (Å²) in [6.07, 6.45) is 2.81. The second kappa shape index (κ2) is 4.65. The smallest absolute Gasteiger partial charge is 0.311 e. The molecule has 1 aliphatic rings. The highest BCUT2D eigenvalue weighted by Gasteiger charge is 2.43. The number of carbonyl (C=O) groups is 1. The highest BCUT2D eigenvalue weighted by atomic mass is 16.4. The van der Waals surface area contributed by atoms with Crippen molar-refractivity contribution >= 4 is 11.8 Å². The van der Waals surface area contributed by atoms with Gasteiger partial charge in [0.05, 0.1) is 17.0 Å². The quantitative estimate of drug-likeness (QED) is 0.876. The van der Waals surface area contributed by atoms with E-state index in [1.807, 2.05) is 11.8 Å². The molecule has 94 valence electrons. The van der Waals surface area contributed by atoms with Gasteiger partial charge in [-0.25, -0.2) is 4.98 Å². The van der Waals surface area contributed by atoms with Crippen LogP contribution in [0.15, 0.2) is 18.3 Å². The first-order valence-corrected chi connectivity index (χ1v) is 5.96. The maximum Gasteiger partial charge on any atom is 0.311 e. The van der Waals surface area contributed by atoms with E-state index in [1.165, 1.54) is 0 Å². The van der Waals surface area contributed by atoms with Crippen LogP contribution in [0.25, 0.3) is 0 Å². The second-order valence-corrected chi connectivity index (χ2v) is 4.63. The average Bonchev–Trinajstić information content (AvgIpc) is 2.84. The summed E-state index contributed by atoms with van der Waals surface area (Å²) in [4.78, 5) is 17.5. The van der Waals surface area contributed by atoms with Crippen molar-refractivity contribution in [3.05, 3.63) is 23.9 Å². The first kappa shape index (κ1) is 12.4. The molecule has 0 aromatic carbocycles. The lowest BCUT2D eigenvalue weighted by molar-refractivity contribution is -0.147. The Morgan fingerprint density at radius 2 is 2.50 bits per heavy atom. The molecule has 0 aliphatic carbocycles. The van der Waals surface area contributed by atoms with Crippen LogP contribution in [0, 0.1) is 16.7 Å². The number of hydrogen-bond donors (Lipinski definition) is 1. The first-order chi connectivity index (χ1) is 8.61. The summed E-state index contributed by atoms with van der Waals surface area (Å²) in [7, 11) is 0. The van der Waals surface area contributed by atoms with E-state index in [0.717, 1.165) is 0 Å². The van der Waals surface area contributed by atoms with Crippen molar-refractivity contribution in [1.82, 2.24) is 4.98 Å². The van der Waals surface area contributed by atoms with Crippen LogP contribution in [-0.2, 0) is 4.79 Å². The second-order valence-electron chi connectivity index (χ2n) is 4.63. The molecule has 0 saturated carbocycles. The molecule has 1 atom stereocenters. The molecule has 0 radical (unpaired) electrons. The lowest BCUT2D eigenvalue weighted by Crippen LogP contribution is -2.34. The molecule has 5 nitrogen and oxygen atoms in total. The predicted octanol–water partition coefficient (Wildman–Crippen LogP) is 1.64. The van der Waals surface area contributed by atoms with Gasteiger partial charge in [0.1, 0.15) is 5.82 Å². The zero-order chi connectivity index (χ0) is 13.2. The van der Waals surface area contributed by atoms with Crippen LogP contribution in [-0.4, -0.2) is 29.1 Å². The standard InChI is InChI=1S/C13H15N3O2/c1-2-13(12(17)18)4-6-16(9-13)11-7-10(8-14)3-5-15-11/h3,5,7H,2,4,6,9H2,1H3,(H,17,18). The predicted molar refractivity (Wildman–Crippen MR) is 66.1 cm³/mol. The topological polar surface area (TPSA) is 77.2 Å². The Kier molecular flexibility index (Phi) is 3.19. The molecule has 1 aromatic heterocycles. The van der Waals surface area contributed by atoms with Gasteiger partial charge in [-0.1, -0.05) is 6.92 Å². The molecule has 1 saturated heterocycles. The maximum absolute atomic E-state index is 11.4. The van der Waals surface area contributed by atoms with Gasteiger partial charge in [0, 0.05) is 19.3 Å². The number of nitrogens with zero attached hydrogens (tertiary/aromatic N) is 3. The lowest BCUT2D eigenvalue weighted by Gasteiger charge is -2.23. The minimum atomic E-state index is -0.746. The first-order valence-electron chi connectivity index (χ1n) is 5.96. The zero-order valence-electron chi connectivity index (χ0n) is 10.3. The van der Waals surface area contributed by atoms with Crippen molar-refractivity contribution < 1.29 is 9.90 Å². The highest BCUT2D eigenvalue weighted by molar-refractivity contribution is 5.76. The van der Waals surface area contributed by atoms with Crippen LogP contribution in [0.4, 0.5) is 5.82 Å². The summed E-state index contributed by atoms with van der Waals surface area (Å²) < 4.78 is 0. The van der Waals surface area contributed by atoms with Gasteiger partial charge in [0.25, 0.3) is 0 Å². The summed E-state index contributed by atoms with van der Waals surface area (Å²) in [6.45, 7) is 3.03. The summed E-state index contributed by atoms with van der Waals surface area (Å²) in [5, 5.41) is 18.2. The molecule has 0 bridgehead atoms. The van der Waals surface area contributed by atoms with Gasteiger partial charge in [-0.3, -0.25) is 4.79 Å². The largest absolute Gasteiger partial charge is 0.481 e. The van der Waals surface area contributed by atoms with E-state index in [9.17, 15) is 9.90 Å². The number of carboxylic acids is 1. The Hall–Kier alpha value is -2.09. The van der Waals surface area contributed by atoms with Crippen molar-refractivity contribution in [2.75, 3.05) is 18.0 Å². The van der Waals surface area contributed by atoms with E-state index in [2.05, 4.69) is 11.1 Å². The Morgan fingerprint density at radius 1 is 1.72 bits per heavy atom. The van der Waals surface area contributed by atoms with Crippen LogP contribution in [0.1, 0.15) is 25.3 Å². The lowest BCUT2D eigenvalue weighted by atomic mass is 9.84. The molecule has 0 amide bonds. The van der Waals surface area contributed by atoms with E-state index in [4.69, 9.17) is 5.26 Å². The zero-order valence-corrected chi connectivity index (χ0v) is 10.3. The van der Waals surface area contributed by atoms with E-state index < -0.39 is 11.4 Å². The molecule has 0 spiro atoms. The molecule has 1 aliphatic heterocycles. The highest BCUT2D eigenvalue weighted by Crippen LogP contribution is 2.36. The Balaban J connectivity index is 2.23. The molecule has 1 fully saturated rings. The number of aromatic nitrogens is 1. The molecule has 2 heterocycles. The van der Waals surface area contributed by atoms with Crippen molar-refractivity contribution in [2.45, 2.75) is 19.8 Å². The van der Waals surface area contributed by atoms with Crippen molar-refractivity contribution in [2.24, 2.45) is 5.41 Å². The van der Waals surface area contributed by atoms with Crippen LogP contribution < -0.4 is 4.90 Å². The van der Waals surface area contributed by atoms with Crippen LogP contribution in [0.5, 0.6) is 0 Å². The summed E-state index contributed by atoms with van der Waals surface area (Å²) in [6, 6.07) is 5.41.